The number of morpholine rings is 1. The molecular weight excluding hydrogens is 280 g/mol. The highest BCUT2D eigenvalue weighted by Gasteiger charge is 2.20. The molecule has 0 saturated carbocycles. The Bertz CT molecular complexity index is 608. The van der Waals surface area contributed by atoms with Crippen molar-refractivity contribution >= 4 is 11.6 Å². The Balaban J connectivity index is 1.58. The van der Waals surface area contributed by atoms with Crippen molar-refractivity contribution in [2.45, 2.75) is 6.04 Å². The van der Waals surface area contributed by atoms with Crippen LogP contribution in [-0.2, 0) is 9.53 Å². The second-order valence-electron chi connectivity index (χ2n) is 5.01. The number of amides is 1. The summed E-state index contributed by atoms with van der Waals surface area (Å²) in [6, 6.07) is 16.6. The van der Waals surface area contributed by atoms with E-state index in [1.807, 2.05) is 54.6 Å². The fraction of sp³-hybridized carbons (Fsp3) is 0.235. The van der Waals surface area contributed by atoms with Crippen molar-refractivity contribution in [3.05, 3.63) is 54.6 Å². The maximum absolute atomic E-state index is 12.1. The number of ether oxygens (including phenoxy) is 2. The molecule has 2 aromatic rings. The summed E-state index contributed by atoms with van der Waals surface area (Å²) in [6.07, 6.45) is 0. The van der Waals surface area contributed by atoms with E-state index in [0.717, 1.165) is 17.2 Å². The number of carbonyl (C=O) groups is 1. The normalized spacial score (nSPS) is 17.7. The SMILES string of the molecule is O=C(Nc1ccc(Oc2ccccc2)cc1)[C@H]1COCCN1. The van der Waals surface area contributed by atoms with E-state index < -0.39 is 0 Å². The molecule has 1 amide bonds. The third-order valence-electron chi connectivity index (χ3n) is 3.34. The largest absolute Gasteiger partial charge is 0.457 e. The predicted molar refractivity (Wildman–Crippen MR) is 84.2 cm³/mol. The molecule has 0 bridgehead atoms. The first kappa shape index (κ1) is 14.6. The van der Waals surface area contributed by atoms with Crippen LogP contribution in [0.2, 0.25) is 0 Å². The molecule has 1 heterocycles. The molecule has 1 aliphatic heterocycles. The third kappa shape index (κ3) is 3.84. The van der Waals surface area contributed by atoms with Crippen LogP contribution in [0.3, 0.4) is 0 Å². The monoisotopic (exact) mass is 298 g/mol. The standard InChI is InChI=1S/C17H18N2O3/c20-17(16-12-21-11-10-18-16)19-13-6-8-15(9-7-13)22-14-4-2-1-3-5-14/h1-9,16,18H,10-12H2,(H,19,20)/t16-/m1/s1. The number of para-hydroxylation sites is 1. The lowest BCUT2D eigenvalue weighted by Gasteiger charge is -2.22. The average Bonchev–Trinajstić information content (AvgIpc) is 2.58. The van der Waals surface area contributed by atoms with Gasteiger partial charge in [-0.25, -0.2) is 0 Å². The Morgan fingerprint density at radius 2 is 1.82 bits per heavy atom. The van der Waals surface area contributed by atoms with Gasteiger partial charge in [0.2, 0.25) is 5.91 Å². The third-order valence-corrected chi connectivity index (χ3v) is 3.34. The molecule has 1 aliphatic rings. The van der Waals surface area contributed by atoms with Gasteiger partial charge in [-0.3, -0.25) is 4.79 Å². The maximum atomic E-state index is 12.1. The van der Waals surface area contributed by atoms with Gasteiger partial charge in [0.25, 0.3) is 0 Å². The number of anilines is 1. The van der Waals surface area contributed by atoms with Crippen LogP contribution in [0.4, 0.5) is 5.69 Å². The maximum Gasteiger partial charge on any atom is 0.243 e. The minimum absolute atomic E-state index is 0.0866. The van der Waals surface area contributed by atoms with E-state index in [1.54, 1.807) is 0 Å². The summed E-state index contributed by atoms with van der Waals surface area (Å²) in [5, 5.41) is 5.99. The van der Waals surface area contributed by atoms with Crippen LogP contribution in [0, 0.1) is 0 Å². The van der Waals surface area contributed by atoms with Gasteiger partial charge in [-0.2, -0.15) is 0 Å². The smallest absolute Gasteiger partial charge is 0.243 e. The van der Waals surface area contributed by atoms with Crippen molar-refractivity contribution in [3.63, 3.8) is 0 Å². The van der Waals surface area contributed by atoms with Gasteiger partial charge >= 0.3 is 0 Å². The van der Waals surface area contributed by atoms with E-state index in [-0.39, 0.29) is 11.9 Å². The summed E-state index contributed by atoms with van der Waals surface area (Å²) in [5.41, 5.74) is 0.734. The number of carbonyl (C=O) groups excluding carboxylic acids is 1. The highest BCUT2D eigenvalue weighted by Crippen LogP contribution is 2.22. The quantitative estimate of drug-likeness (QED) is 0.910. The first-order valence-electron chi connectivity index (χ1n) is 7.26. The van der Waals surface area contributed by atoms with E-state index in [9.17, 15) is 4.79 Å². The number of hydrogen-bond donors (Lipinski definition) is 2. The van der Waals surface area contributed by atoms with Crippen LogP contribution in [0.1, 0.15) is 0 Å². The van der Waals surface area contributed by atoms with E-state index >= 15 is 0 Å². The minimum Gasteiger partial charge on any atom is -0.457 e. The molecule has 0 aromatic heterocycles. The molecule has 1 saturated heterocycles. The summed E-state index contributed by atoms with van der Waals surface area (Å²) in [7, 11) is 0. The van der Waals surface area contributed by atoms with Gasteiger partial charge in [0.05, 0.1) is 13.2 Å². The Hall–Kier alpha value is -2.37. The van der Waals surface area contributed by atoms with E-state index in [0.29, 0.717) is 19.8 Å². The first-order valence-corrected chi connectivity index (χ1v) is 7.26. The Morgan fingerprint density at radius 1 is 1.09 bits per heavy atom. The molecule has 22 heavy (non-hydrogen) atoms. The van der Waals surface area contributed by atoms with Crippen LogP contribution >= 0.6 is 0 Å². The first-order chi connectivity index (χ1) is 10.8. The van der Waals surface area contributed by atoms with Crippen molar-refractivity contribution in [3.8, 4) is 11.5 Å². The zero-order valence-electron chi connectivity index (χ0n) is 12.1. The van der Waals surface area contributed by atoms with Crippen molar-refractivity contribution in [2.24, 2.45) is 0 Å². The van der Waals surface area contributed by atoms with Crippen LogP contribution in [0.25, 0.3) is 0 Å². The van der Waals surface area contributed by atoms with Crippen molar-refractivity contribution in [1.82, 2.24) is 5.32 Å². The Morgan fingerprint density at radius 3 is 2.50 bits per heavy atom. The zero-order chi connectivity index (χ0) is 15.2. The van der Waals surface area contributed by atoms with E-state index in [2.05, 4.69) is 10.6 Å². The van der Waals surface area contributed by atoms with Crippen LogP contribution in [0.5, 0.6) is 11.5 Å². The van der Waals surface area contributed by atoms with Gasteiger partial charge in [-0.15, -0.1) is 0 Å². The summed E-state index contributed by atoms with van der Waals surface area (Å²) < 4.78 is 11.0. The second kappa shape index (κ2) is 7.06. The highest BCUT2D eigenvalue weighted by molar-refractivity contribution is 5.95. The molecule has 0 spiro atoms. The van der Waals surface area contributed by atoms with Crippen molar-refractivity contribution in [1.29, 1.82) is 0 Å². The molecule has 2 aromatic carbocycles. The molecule has 3 rings (SSSR count). The highest BCUT2D eigenvalue weighted by atomic mass is 16.5. The van der Waals surface area contributed by atoms with Crippen LogP contribution < -0.4 is 15.4 Å². The minimum atomic E-state index is -0.297. The molecule has 114 valence electrons. The Labute approximate surface area is 129 Å². The van der Waals surface area contributed by atoms with Gasteiger partial charge in [0.1, 0.15) is 17.5 Å². The molecule has 5 nitrogen and oxygen atoms in total. The number of benzene rings is 2. The fourth-order valence-corrected chi connectivity index (χ4v) is 2.19. The lowest BCUT2D eigenvalue weighted by atomic mass is 10.2. The molecule has 1 fully saturated rings. The lowest BCUT2D eigenvalue weighted by Crippen LogP contribution is -2.48. The Kier molecular flexibility index (Phi) is 4.68. The molecule has 0 unspecified atom stereocenters. The van der Waals surface area contributed by atoms with Crippen molar-refractivity contribution in [2.75, 3.05) is 25.1 Å². The zero-order valence-corrected chi connectivity index (χ0v) is 12.1. The molecular formula is C17H18N2O3. The summed E-state index contributed by atoms with van der Waals surface area (Å²) in [6.45, 7) is 1.75. The second-order valence-corrected chi connectivity index (χ2v) is 5.01. The summed E-state index contributed by atoms with van der Waals surface area (Å²) in [5.74, 6) is 1.42. The van der Waals surface area contributed by atoms with Gasteiger partial charge < -0.3 is 20.1 Å². The molecule has 2 N–H and O–H groups in total. The molecule has 0 radical (unpaired) electrons. The number of nitrogens with one attached hydrogen (secondary N) is 2. The topological polar surface area (TPSA) is 59.6 Å². The molecule has 0 aliphatic carbocycles. The van der Waals surface area contributed by atoms with Crippen molar-refractivity contribution < 1.29 is 14.3 Å². The van der Waals surface area contributed by atoms with Crippen LogP contribution in [-0.4, -0.2) is 31.7 Å². The van der Waals surface area contributed by atoms with Gasteiger partial charge in [0.15, 0.2) is 0 Å². The number of rotatable bonds is 4. The molecule has 1 atom stereocenters. The summed E-state index contributed by atoms with van der Waals surface area (Å²) >= 11 is 0. The number of hydrogen-bond acceptors (Lipinski definition) is 4. The predicted octanol–water partition coefficient (Wildman–Crippen LogP) is 2.41. The molecule has 5 heteroatoms. The average molecular weight is 298 g/mol. The summed E-state index contributed by atoms with van der Waals surface area (Å²) in [4.78, 5) is 12.1. The fourth-order valence-electron chi connectivity index (χ4n) is 2.19. The van der Waals surface area contributed by atoms with Crippen LogP contribution in [0.15, 0.2) is 54.6 Å². The van der Waals surface area contributed by atoms with E-state index in [1.165, 1.54) is 0 Å². The lowest BCUT2D eigenvalue weighted by molar-refractivity contribution is -0.120. The van der Waals surface area contributed by atoms with E-state index in [4.69, 9.17) is 9.47 Å². The van der Waals surface area contributed by atoms with Gasteiger partial charge in [-0.1, -0.05) is 18.2 Å². The van der Waals surface area contributed by atoms with Gasteiger partial charge in [-0.05, 0) is 36.4 Å². The van der Waals surface area contributed by atoms with Gasteiger partial charge in [0, 0.05) is 12.2 Å².